The van der Waals surface area contributed by atoms with Crippen molar-refractivity contribution in [3.63, 3.8) is 0 Å². The van der Waals surface area contributed by atoms with Crippen LogP contribution < -0.4 is 5.32 Å². The van der Waals surface area contributed by atoms with Crippen LogP contribution >= 0.6 is 11.6 Å². The van der Waals surface area contributed by atoms with Gasteiger partial charge in [0.05, 0.1) is 0 Å². The molecule has 0 aliphatic heterocycles. The molecule has 0 spiro atoms. The Morgan fingerprint density at radius 1 is 1.46 bits per heavy atom. The molecule has 0 aromatic carbocycles. The number of hydrogen-bond donors (Lipinski definition) is 1. The second kappa shape index (κ2) is 5.86. The molecule has 1 aromatic heterocycles. The van der Waals surface area contributed by atoms with Crippen molar-refractivity contribution in [1.82, 2.24) is 9.55 Å². The average Bonchev–Trinajstić information content (AvgIpc) is 2.52. The van der Waals surface area contributed by atoms with Gasteiger partial charge >= 0.3 is 0 Å². The van der Waals surface area contributed by atoms with Crippen molar-refractivity contribution >= 4 is 17.5 Å². The fourth-order valence-electron chi connectivity index (χ4n) is 1.13. The summed E-state index contributed by atoms with van der Waals surface area (Å²) in [5.41, 5.74) is 0. The Labute approximate surface area is 84.1 Å². The third-order valence-electron chi connectivity index (χ3n) is 1.91. The van der Waals surface area contributed by atoms with Gasteiger partial charge in [-0.1, -0.05) is 6.42 Å². The molecular formula is C9H16ClN3. The van der Waals surface area contributed by atoms with E-state index in [0.717, 1.165) is 31.2 Å². The van der Waals surface area contributed by atoms with Crippen LogP contribution in [0.5, 0.6) is 0 Å². The lowest BCUT2D eigenvalue weighted by Gasteiger charge is -2.04. The molecule has 3 nitrogen and oxygen atoms in total. The molecule has 0 unspecified atom stereocenters. The van der Waals surface area contributed by atoms with Gasteiger partial charge in [-0.15, -0.1) is 11.6 Å². The minimum atomic E-state index is 0.766. The van der Waals surface area contributed by atoms with E-state index in [-0.39, 0.29) is 0 Å². The monoisotopic (exact) mass is 201 g/mol. The molecule has 0 radical (unpaired) electrons. The fraction of sp³-hybridized carbons (Fsp3) is 0.667. The summed E-state index contributed by atoms with van der Waals surface area (Å²) < 4.78 is 1.97. The SMILES string of the molecule is Cn1ccnc1NCCCCCCl. The number of anilines is 1. The summed E-state index contributed by atoms with van der Waals surface area (Å²) in [6.45, 7) is 0.974. The van der Waals surface area contributed by atoms with Crippen LogP contribution in [0.3, 0.4) is 0 Å². The van der Waals surface area contributed by atoms with Crippen molar-refractivity contribution in [1.29, 1.82) is 0 Å². The Hall–Kier alpha value is -0.700. The summed E-state index contributed by atoms with van der Waals surface area (Å²) in [6.07, 6.45) is 7.16. The first-order chi connectivity index (χ1) is 6.34. The number of alkyl halides is 1. The molecule has 0 amide bonds. The third-order valence-corrected chi connectivity index (χ3v) is 2.18. The zero-order valence-corrected chi connectivity index (χ0v) is 8.72. The van der Waals surface area contributed by atoms with Crippen LogP contribution in [0.2, 0.25) is 0 Å². The number of aryl methyl sites for hydroxylation is 1. The van der Waals surface area contributed by atoms with Crippen LogP contribution in [-0.4, -0.2) is 22.0 Å². The summed E-state index contributed by atoms with van der Waals surface area (Å²) in [6, 6.07) is 0. The molecule has 74 valence electrons. The first-order valence-electron chi connectivity index (χ1n) is 4.61. The summed E-state index contributed by atoms with van der Waals surface area (Å²) in [4.78, 5) is 4.16. The van der Waals surface area contributed by atoms with E-state index in [4.69, 9.17) is 11.6 Å². The van der Waals surface area contributed by atoms with Gasteiger partial charge in [0.2, 0.25) is 5.95 Å². The number of nitrogens with one attached hydrogen (secondary N) is 1. The molecule has 4 heteroatoms. The summed E-state index contributed by atoms with van der Waals surface area (Å²) in [5.74, 6) is 1.70. The van der Waals surface area contributed by atoms with Gasteiger partial charge in [0.25, 0.3) is 0 Å². The molecule has 1 heterocycles. The number of halogens is 1. The quantitative estimate of drug-likeness (QED) is 0.565. The van der Waals surface area contributed by atoms with Crippen LogP contribution in [0, 0.1) is 0 Å². The minimum Gasteiger partial charge on any atom is -0.356 e. The van der Waals surface area contributed by atoms with Crippen molar-refractivity contribution in [3.8, 4) is 0 Å². The summed E-state index contributed by atoms with van der Waals surface area (Å²) in [5, 5.41) is 3.26. The first-order valence-corrected chi connectivity index (χ1v) is 5.15. The summed E-state index contributed by atoms with van der Waals surface area (Å²) in [7, 11) is 1.98. The van der Waals surface area contributed by atoms with Crippen LogP contribution in [0.1, 0.15) is 19.3 Å². The van der Waals surface area contributed by atoms with Crippen molar-refractivity contribution in [2.24, 2.45) is 7.05 Å². The fourth-order valence-corrected chi connectivity index (χ4v) is 1.32. The van der Waals surface area contributed by atoms with Gasteiger partial charge in [0.1, 0.15) is 0 Å². The molecule has 1 aromatic rings. The highest BCUT2D eigenvalue weighted by molar-refractivity contribution is 6.17. The zero-order valence-electron chi connectivity index (χ0n) is 7.96. The van der Waals surface area contributed by atoms with E-state index in [1.807, 2.05) is 17.8 Å². The number of aromatic nitrogens is 2. The van der Waals surface area contributed by atoms with Crippen molar-refractivity contribution in [2.45, 2.75) is 19.3 Å². The lowest BCUT2D eigenvalue weighted by Crippen LogP contribution is -2.06. The Kier molecular flexibility index (Phi) is 4.68. The molecule has 0 bridgehead atoms. The maximum absolute atomic E-state index is 5.57. The van der Waals surface area contributed by atoms with E-state index in [2.05, 4.69) is 10.3 Å². The Morgan fingerprint density at radius 3 is 2.92 bits per heavy atom. The number of rotatable bonds is 6. The van der Waals surface area contributed by atoms with Crippen molar-refractivity contribution in [3.05, 3.63) is 12.4 Å². The largest absolute Gasteiger partial charge is 0.356 e. The lowest BCUT2D eigenvalue weighted by atomic mass is 10.2. The smallest absolute Gasteiger partial charge is 0.202 e. The zero-order chi connectivity index (χ0) is 9.52. The second-order valence-corrected chi connectivity index (χ2v) is 3.42. The standard InChI is InChI=1S/C9H16ClN3/c1-13-8-7-12-9(13)11-6-4-2-3-5-10/h7-8H,2-6H2,1H3,(H,11,12). The highest BCUT2D eigenvalue weighted by atomic mass is 35.5. The molecular weight excluding hydrogens is 186 g/mol. The second-order valence-electron chi connectivity index (χ2n) is 3.04. The Bertz CT molecular complexity index is 235. The van der Waals surface area contributed by atoms with Gasteiger partial charge in [0, 0.05) is 31.9 Å². The van der Waals surface area contributed by atoms with Gasteiger partial charge in [0.15, 0.2) is 0 Å². The number of imidazole rings is 1. The van der Waals surface area contributed by atoms with Crippen molar-refractivity contribution in [2.75, 3.05) is 17.7 Å². The molecule has 0 fully saturated rings. The van der Waals surface area contributed by atoms with Crippen LogP contribution in [0.15, 0.2) is 12.4 Å². The van der Waals surface area contributed by atoms with E-state index in [9.17, 15) is 0 Å². The van der Waals surface area contributed by atoms with Crippen LogP contribution in [-0.2, 0) is 7.05 Å². The summed E-state index contributed by atoms with van der Waals surface area (Å²) >= 11 is 5.57. The molecule has 0 aliphatic rings. The van der Waals surface area contributed by atoms with Crippen molar-refractivity contribution < 1.29 is 0 Å². The molecule has 0 saturated carbocycles. The Balaban J connectivity index is 2.10. The normalized spacial score (nSPS) is 10.3. The molecule has 1 rings (SSSR count). The predicted octanol–water partition coefficient (Wildman–Crippen LogP) is 2.24. The van der Waals surface area contributed by atoms with Gasteiger partial charge in [-0.25, -0.2) is 4.98 Å². The molecule has 1 N–H and O–H groups in total. The van der Waals surface area contributed by atoms with Crippen LogP contribution in [0.4, 0.5) is 5.95 Å². The highest BCUT2D eigenvalue weighted by Gasteiger charge is 1.95. The van der Waals surface area contributed by atoms with Crippen LogP contribution in [0.25, 0.3) is 0 Å². The lowest BCUT2D eigenvalue weighted by molar-refractivity contribution is 0.740. The number of nitrogens with zero attached hydrogens (tertiary/aromatic N) is 2. The Morgan fingerprint density at radius 2 is 2.31 bits per heavy atom. The molecule has 0 atom stereocenters. The first kappa shape index (κ1) is 10.4. The number of hydrogen-bond acceptors (Lipinski definition) is 2. The van der Waals surface area contributed by atoms with Gasteiger partial charge in [-0.05, 0) is 12.8 Å². The molecule has 0 saturated heterocycles. The minimum absolute atomic E-state index is 0.766. The third kappa shape index (κ3) is 3.68. The van der Waals surface area contributed by atoms with E-state index >= 15 is 0 Å². The van der Waals surface area contributed by atoms with E-state index < -0.39 is 0 Å². The van der Waals surface area contributed by atoms with E-state index in [0.29, 0.717) is 0 Å². The molecule has 0 aliphatic carbocycles. The van der Waals surface area contributed by atoms with Gasteiger partial charge < -0.3 is 9.88 Å². The maximum Gasteiger partial charge on any atom is 0.202 e. The molecule has 13 heavy (non-hydrogen) atoms. The highest BCUT2D eigenvalue weighted by Crippen LogP contribution is 2.02. The van der Waals surface area contributed by atoms with E-state index in [1.165, 1.54) is 6.42 Å². The van der Waals surface area contributed by atoms with Gasteiger partial charge in [-0.3, -0.25) is 0 Å². The van der Waals surface area contributed by atoms with Gasteiger partial charge in [-0.2, -0.15) is 0 Å². The predicted molar refractivity (Wildman–Crippen MR) is 56.3 cm³/mol. The average molecular weight is 202 g/mol. The number of unbranched alkanes of at least 4 members (excludes halogenated alkanes) is 2. The van der Waals surface area contributed by atoms with E-state index in [1.54, 1.807) is 6.20 Å². The topological polar surface area (TPSA) is 29.9 Å². The maximum atomic E-state index is 5.57.